The van der Waals surface area contributed by atoms with E-state index < -0.39 is 0 Å². The molecule has 74 valence electrons. The summed E-state index contributed by atoms with van der Waals surface area (Å²) in [6.07, 6.45) is 6.59. The highest BCUT2D eigenvalue weighted by molar-refractivity contribution is 5.09. The molecule has 0 unspecified atom stereocenters. The highest BCUT2D eigenvalue weighted by Crippen LogP contribution is 2.30. The molecule has 0 aromatic heterocycles. The van der Waals surface area contributed by atoms with E-state index in [1.807, 2.05) is 0 Å². The Bertz CT molecular complexity index is 216. The maximum atomic E-state index is 2.51. The Balaban J connectivity index is 2.02. The van der Waals surface area contributed by atoms with Crippen LogP contribution >= 0.6 is 0 Å². The van der Waals surface area contributed by atoms with Gasteiger partial charge in [0, 0.05) is 25.0 Å². The summed E-state index contributed by atoms with van der Waals surface area (Å²) in [5, 5.41) is 0. The van der Waals surface area contributed by atoms with Crippen molar-refractivity contribution in [2.45, 2.75) is 39.2 Å². The van der Waals surface area contributed by atoms with Crippen LogP contribution in [0.5, 0.6) is 0 Å². The molecule has 1 heterocycles. The number of nitrogens with zero attached hydrogens (tertiary/aromatic N) is 2. The fourth-order valence-corrected chi connectivity index (χ4v) is 2.16. The predicted octanol–water partition coefficient (Wildman–Crippen LogP) is 2.24. The topological polar surface area (TPSA) is 6.48 Å². The minimum absolute atomic E-state index is 0.662. The van der Waals surface area contributed by atoms with Crippen molar-refractivity contribution in [3.05, 3.63) is 11.9 Å². The second-order valence-corrected chi connectivity index (χ2v) is 4.65. The summed E-state index contributed by atoms with van der Waals surface area (Å²) in [4.78, 5) is 4.89. The fraction of sp³-hybridized carbons (Fsp3) is 0.818. The van der Waals surface area contributed by atoms with Gasteiger partial charge in [-0.2, -0.15) is 0 Å². The first-order valence-corrected chi connectivity index (χ1v) is 5.37. The Morgan fingerprint density at radius 1 is 1.38 bits per heavy atom. The average molecular weight is 180 g/mol. The van der Waals surface area contributed by atoms with E-state index in [1.165, 1.54) is 25.0 Å². The van der Waals surface area contributed by atoms with Crippen LogP contribution < -0.4 is 0 Å². The van der Waals surface area contributed by atoms with Gasteiger partial charge in [0.2, 0.25) is 0 Å². The highest BCUT2D eigenvalue weighted by atomic mass is 15.4. The fourth-order valence-electron chi connectivity index (χ4n) is 2.16. The first-order chi connectivity index (χ1) is 6.18. The zero-order chi connectivity index (χ0) is 9.42. The van der Waals surface area contributed by atoms with Gasteiger partial charge in [0.05, 0.1) is 6.67 Å². The van der Waals surface area contributed by atoms with Gasteiger partial charge in [0.1, 0.15) is 0 Å². The van der Waals surface area contributed by atoms with Gasteiger partial charge in [-0.15, -0.1) is 0 Å². The molecule has 0 N–H and O–H groups in total. The average Bonchev–Trinajstić information content (AvgIpc) is 2.27. The standard InChI is InChI=1S/C11H20N2/c1-9(2)11-7-13(8-12(11)3)10-5-4-6-10/h7,9-10H,4-6,8H2,1-3H3. The summed E-state index contributed by atoms with van der Waals surface area (Å²) in [5.74, 6) is 0.662. The molecule has 0 bridgehead atoms. The van der Waals surface area contributed by atoms with Gasteiger partial charge in [-0.05, 0) is 25.2 Å². The molecule has 1 saturated carbocycles. The van der Waals surface area contributed by atoms with Gasteiger partial charge in [0.25, 0.3) is 0 Å². The van der Waals surface area contributed by atoms with Crippen LogP contribution in [0.25, 0.3) is 0 Å². The lowest BCUT2D eigenvalue weighted by molar-refractivity contribution is 0.156. The van der Waals surface area contributed by atoms with Crippen molar-refractivity contribution in [1.82, 2.24) is 9.80 Å². The highest BCUT2D eigenvalue weighted by Gasteiger charge is 2.28. The smallest absolute Gasteiger partial charge is 0.0896 e. The van der Waals surface area contributed by atoms with E-state index in [4.69, 9.17) is 0 Å². The summed E-state index contributed by atoms with van der Waals surface area (Å²) in [7, 11) is 2.20. The second kappa shape index (κ2) is 3.24. The predicted molar refractivity (Wildman–Crippen MR) is 55.0 cm³/mol. The molecule has 2 nitrogen and oxygen atoms in total. The van der Waals surface area contributed by atoms with Crippen molar-refractivity contribution >= 4 is 0 Å². The summed E-state index contributed by atoms with van der Waals surface area (Å²) in [6, 6.07) is 0.846. The minimum Gasteiger partial charge on any atom is -0.359 e. The SMILES string of the molecule is CC(C)C1=CN(C2CCC2)CN1C. The summed E-state index contributed by atoms with van der Waals surface area (Å²) in [6.45, 7) is 5.65. The van der Waals surface area contributed by atoms with Gasteiger partial charge in [-0.3, -0.25) is 0 Å². The van der Waals surface area contributed by atoms with Crippen LogP contribution in [0.2, 0.25) is 0 Å². The third-order valence-electron chi connectivity index (χ3n) is 3.25. The van der Waals surface area contributed by atoms with E-state index >= 15 is 0 Å². The van der Waals surface area contributed by atoms with Crippen LogP contribution in [0.3, 0.4) is 0 Å². The molecule has 0 atom stereocenters. The Hall–Kier alpha value is -0.660. The molecule has 0 aromatic rings. The molecule has 0 aromatic carbocycles. The van der Waals surface area contributed by atoms with E-state index in [2.05, 4.69) is 36.9 Å². The Labute approximate surface area is 81.2 Å². The van der Waals surface area contributed by atoms with Crippen LogP contribution in [-0.2, 0) is 0 Å². The lowest BCUT2D eigenvalue weighted by Crippen LogP contribution is -2.37. The van der Waals surface area contributed by atoms with Gasteiger partial charge >= 0.3 is 0 Å². The zero-order valence-corrected chi connectivity index (χ0v) is 8.95. The molecule has 2 rings (SSSR count). The van der Waals surface area contributed by atoms with Gasteiger partial charge in [-0.1, -0.05) is 13.8 Å². The Morgan fingerprint density at radius 2 is 2.08 bits per heavy atom. The van der Waals surface area contributed by atoms with Crippen LogP contribution in [0.15, 0.2) is 11.9 Å². The largest absolute Gasteiger partial charge is 0.359 e. The van der Waals surface area contributed by atoms with E-state index in [0.29, 0.717) is 5.92 Å². The van der Waals surface area contributed by atoms with Gasteiger partial charge in [0.15, 0.2) is 0 Å². The summed E-state index contributed by atoms with van der Waals surface area (Å²) in [5.41, 5.74) is 1.49. The molecule has 2 aliphatic rings. The van der Waals surface area contributed by atoms with E-state index in [-0.39, 0.29) is 0 Å². The number of rotatable bonds is 2. The lowest BCUT2D eigenvalue weighted by atomic mass is 9.92. The number of hydrogen-bond acceptors (Lipinski definition) is 2. The normalized spacial score (nSPS) is 23.8. The second-order valence-electron chi connectivity index (χ2n) is 4.65. The molecular weight excluding hydrogens is 160 g/mol. The molecule has 0 radical (unpaired) electrons. The quantitative estimate of drug-likeness (QED) is 0.643. The molecule has 2 heteroatoms. The molecule has 1 aliphatic heterocycles. The van der Waals surface area contributed by atoms with E-state index in [9.17, 15) is 0 Å². The third-order valence-corrected chi connectivity index (χ3v) is 3.25. The van der Waals surface area contributed by atoms with Crippen LogP contribution in [0.4, 0.5) is 0 Å². The van der Waals surface area contributed by atoms with Crippen molar-refractivity contribution < 1.29 is 0 Å². The van der Waals surface area contributed by atoms with Gasteiger partial charge in [-0.25, -0.2) is 0 Å². The minimum atomic E-state index is 0.662. The van der Waals surface area contributed by atoms with Crippen molar-refractivity contribution in [3.8, 4) is 0 Å². The van der Waals surface area contributed by atoms with Crippen molar-refractivity contribution in [2.24, 2.45) is 5.92 Å². The molecular formula is C11H20N2. The van der Waals surface area contributed by atoms with Crippen LogP contribution in [-0.4, -0.2) is 29.6 Å². The molecule has 0 saturated heterocycles. The molecule has 1 fully saturated rings. The van der Waals surface area contributed by atoms with Crippen LogP contribution in [0.1, 0.15) is 33.1 Å². The Morgan fingerprint density at radius 3 is 2.46 bits per heavy atom. The summed E-state index contributed by atoms with van der Waals surface area (Å²) < 4.78 is 0. The first-order valence-electron chi connectivity index (χ1n) is 5.37. The molecule has 13 heavy (non-hydrogen) atoms. The third kappa shape index (κ3) is 1.54. The monoisotopic (exact) mass is 180 g/mol. The lowest BCUT2D eigenvalue weighted by Gasteiger charge is -2.35. The molecule has 0 spiro atoms. The van der Waals surface area contributed by atoms with E-state index in [1.54, 1.807) is 0 Å². The van der Waals surface area contributed by atoms with Crippen LogP contribution in [0, 0.1) is 5.92 Å². The van der Waals surface area contributed by atoms with Gasteiger partial charge < -0.3 is 9.80 Å². The number of hydrogen-bond donors (Lipinski definition) is 0. The first kappa shape index (κ1) is 8.92. The molecule has 0 amide bonds. The van der Waals surface area contributed by atoms with Crippen molar-refractivity contribution in [3.63, 3.8) is 0 Å². The van der Waals surface area contributed by atoms with Crippen molar-refractivity contribution in [1.29, 1.82) is 0 Å². The van der Waals surface area contributed by atoms with Crippen molar-refractivity contribution in [2.75, 3.05) is 13.7 Å². The summed E-state index contributed by atoms with van der Waals surface area (Å²) >= 11 is 0. The maximum absolute atomic E-state index is 2.51. The maximum Gasteiger partial charge on any atom is 0.0896 e. The zero-order valence-electron chi connectivity index (χ0n) is 8.95. The Kier molecular flexibility index (Phi) is 2.22. The van der Waals surface area contributed by atoms with E-state index in [0.717, 1.165) is 12.7 Å². The molecule has 1 aliphatic carbocycles. The number of allylic oxidation sites excluding steroid dienone is 1.